The second-order valence-corrected chi connectivity index (χ2v) is 11.4. The van der Waals surface area contributed by atoms with E-state index in [2.05, 4.69) is 34.8 Å². The van der Waals surface area contributed by atoms with Crippen LogP contribution in [0.15, 0.2) is 21.9 Å². The predicted octanol–water partition coefficient (Wildman–Crippen LogP) is 5.21. The monoisotopic (exact) mass is 505 g/mol. The van der Waals surface area contributed by atoms with Crippen molar-refractivity contribution < 1.29 is 4.79 Å². The Bertz CT molecular complexity index is 1330. The molecule has 1 aliphatic heterocycles. The van der Waals surface area contributed by atoms with Gasteiger partial charge in [0.25, 0.3) is 0 Å². The largest absolute Gasteiger partial charge is 0.316 e. The third-order valence-corrected chi connectivity index (χ3v) is 9.17. The SMILES string of the molecule is CN1CCc2nc(SCC(=O)Nc3sc4c(c3C#N)CCCC4)c(C#N)c(-c3ccsc3)c2C1. The quantitative estimate of drug-likeness (QED) is 0.479. The number of nitriles is 2. The van der Waals surface area contributed by atoms with Gasteiger partial charge in [0.05, 0.1) is 16.9 Å². The van der Waals surface area contributed by atoms with Gasteiger partial charge in [-0.3, -0.25) is 4.79 Å². The molecule has 6 nitrogen and oxygen atoms in total. The molecule has 1 N–H and O–H groups in total. The molecule has 0 aromatic carbocycles. The van der Waals surface area contributed by atoms with Gasteiger partial charge in [-0.2, -0.15) is 21.9 Å². The number of likely N-dealkylation sites (N-methyl/N-ethyl adjacent to an activating group) is 1. The highest BCUT2D eigenvalue weighted by atomic mass is 32.2. The number of fused-ring (bicyclic) bond motifs is 2. The van der Waals surface area contributed by atoms with Crippen LogP contribution in [0.5, 0.6) is 0 Å². The molecule has 0 saturated carbocycles. The number of hydrogen-bond donors (Lipinski definition) is 1. The molecule has 4 heterocycles. The van der Waals surface area contributed by atoms with Gasteiger partial charge in [0.2, 0.25) is 5.91 Å². The van der Waals surface area contributed by atoms with Gasteiger partial charge in [-0.05, 0) is 66.2 Å². The van der Waals surface area contributed by atoms with E-state index >= 15 is 0 Å². The van der Waals surface area contributed by atoms with Crippen LogP contribution in [0.1, 0.15) is 45.7 Å². The lowest BCUT2D eigenvalue weighted by molar-refractivity contribution is -0.113. The number of aryl methyl sites for hydroxylation is 1. The van der Waals surface area contributed by atoms with Crippen LogP contribution in [0, 0.1) is 22.7 Å². The average molecular weight is 506 g/mol. The summed E-state index contributed by atoms with van der Waals surface area (Å²) in [5.41, 5.74) is 6.36. The maximum Gasteiger partial charge on any atom is 0.235 e. The highest BCUT2D eigenvalue weighted by molar-refractivity contribution is 8.00. The van der Waals surface area contributed by atoms with Crippen molar-refractivity contribution >= 4 is 45.3 Å². The molecule has 34 heavy (non-hydrogen) atoms. The van der Waals surface area contributed by atoms with Crippen LogP contribution >= 0.6 is 34.4 Å². The maximum absolute atomic E-state index is 12.9. The second-order valence-electron chi connectivity index (χ2n) is 8.57. The summed E-state index contributed by atoms with van der Waals surface area (Å²) >= 11 is 4.43. The van der Waals surface area contributed by atoms with Crippen molar-refractivity contribution in [2.24, 2.45) is 0 Å². The molecule has 0 fully saturated rings. The lowest BCUT2D eigenvalue weighted by atomic mass is 9.93. The summed E-state index contributed by atoms with van der Waals surface area (Å²) in [6.07, 6.45) is 4.92. The lowest BCUT2D eigenvalue weighted by Gasteiger charge is -2.27. The minimum absolute atomic E-state index is 0.136. The van der Waals surface area contributed by atoms with E-state index in [4.69, 9.17) is 4.98 Å². The molecule has 9 heteroatoms. The Hall–Kier alpha value is -2.69. The lowest BCUT2D eigenvalue weighted by Crippen LogP contribution is -2.28. The van der Waals surface area contributed by atoms with Crippen molar-refractivity contribution in [1.82, 2.24) is 9.88 Å². The number of carbonyl (C=O) groups excluding carboxylic acids is 1. The first-order valence-corrected chi connectivity index (χ1v) is 14.0. The standard InChI is InChI=1S/C25H23N5OS3/c1-30-8-6-20-19(12-30)23(15-7-9-32-13-15)18(11-27)24(28-20)33-14-22(31)29-25-17(10-26)16-4-2-3-5-21(16)34-25/h7,9,13H,2-6,8,12,14H2,1H3,(H,29,31). The molecular weight excluding hydrogens is 483 g/mol. The van der Waals surface area contributed by atoms with Crippen molar-refractivity contribution in [3.8, 4) is 23.3 Å². The van der Waals surface area contributed by atoms with Crippen molar-refractivity contribution in [1.29, 1.82) is 10.5 Å². The fourth-order valence-corrected chi connectivity index (χ4v) is 7.38. The number of rotatable bonds is 5. The molecule has 3 aromatic heterocycles. The minimum Gasteiger partial charge on any atom is -0.316 e. The normalized spacial score (nSPS) is 15.1. The van der Waals surface area contributed by atoms with Gasteiger partial charge in [-0.15, -0.1) is 11.3 Å². The number of anilines is 1. The van der Waals surface area contributed by atoms with Crippen LogP contribution in [0.25, 0.3) is 11.1 Å². The maximum atomic E-state index is 12.9. The smallest absolute Gasteiger partial charge is 0.235 e. The van der Waals surface area contributed by atoms with Crippen molar-refractivity contribution in [3.63, 3.8) is 0 Å². The van der Waals surface area contributed by atoms with Crippen LogP contribution in [-0.2, 0) is 30.6 Å². The molecule has 0 saturated heterocycles. The number of aromatic nitrogens is 1. The molecule has 0 bridgehead atoms. The number of thiophene rings is 2. The number of hydrogen-bond acceptors (Lipinski definition) is 8. The zero-order valence-electron chi connectivity index (χ0n) is 18.8. The first kappa shape index (κ1) is 23.1. The summed E-state index contributed by atoms with van der Waals surface area (Å²) in [5, 5.41) is 28.0. The average Bonchev–Trinajstić information content (AvgIpc) is 3.49. The summed E-state index contributed by atoms with van der Waals surface area (Å²) in [7, 11) is 2.08. The Morgan fingerprint density at radius 1 is 1.21 bits per heavy atom. The zero-order chi connectivity index (χ0) is 23.7. The first-order valence-electron chi connectivity index (χ1n) is 11.2. The summed E-state index contributed by atoms with van der Waals surface area (Å²) in [6.45, 7) is 1.67. The first-order chi connectivity index (χ1) is 16.6. The van der Waals surface area contributed by atoms with Gasteiger partial charge < -0.3 is 10.2 Å². The van der Waals surface area contributed by atoms with Gasteiger partial charge in [0, 0.05) is 35.6 Å². The Balaban J connectivity index is 1.41. The Morgan fingerprint density at radius 2 is 2.03 bits per heavy atom. The fraction of sp³-hybridized carbons (Fsp3) is 0.360. The molecule has 3 aromatic rings. The van der Waals surface area contributed by atoms with E-state index in [1.54, 1.807) is 11.3 Å². The number of thioether (sulfide) groups is 1. The van der Waals surface area contributed by atoms with Crippen LogP contribution < -0.4 is 5.32 Å². The summed E-state index contributed by atoms with van der Waals surface area (Å²) < 4.78 is 0. The van der Waals surface area contributed by atoms with Crippen molar-refractivity contribution in [2.45, 2.75) is 43.7 Å². The van der Waals surface area contributed by atoms with E-state index in [1.165, 1.54) is 28.0 Å². The van der Waals surface area contributed by atoms with E-state index in [-0.39, 0.29) is 11.7 Å². The van der Waals surface area contributed by atoms with Gasteiger partial charge >= 0.3 is 0 Å². The van der Waals surface area contributed by atoms with Gasteiger partial charge in [-0.25, -0.2) is 4.98 Å². The van der Waals surface area contributed by atoms with Crippen LogP contribution in [0.4, 0.5) is 5.00 Å². The number of nitrogens with zero attached hydrogens (tertiary/aromatic N) is 4. The topological polar surface area (TPSA) is 92.8 Å². The van der Waals surface area contributed by atoms with Crippen molar-refractivity contribution in [2.75, 3.05) is 24.7 Å². The third kappa shape index (κ3) is 4.37. The van der Waals surface area contributed by atoms with Crippen molar-refractivity contribution in [3.05, 3.63) is 49.7 Å². The van der Waals surface area contributed by atoms with E-state index in [0.29, 0.717) is 21.2 Å². The summed E-state index contributed by atoms with van der Waals surface area (Å²) in [5.74, 6) is -0.0445. The fourth-order valence-electron chi connectivity index (χ4n) is 4.67. The van der Waals surface area contributed by atoms with E-state index < -0.39 is 0 Å². The van der Waals surface area contributed by atoms with Gasteiger partial charge in [-0.1, -0.05) is 11.8 Å². The zero-order valence-corrected chi connectivity index (χ0v) is 21.3. The molecule has 1 amide bonds. The predicted molar refractivity (Wildman–Crippen MR) is 137 cm³/mol. The molecular formula is C25H23N5OS3. The van der Waals surface area contributed by atoms with E-state index in [1.807, 2.05) is 11.4 Å². The summed E-state index contributed by atoms with van der Waals surface area (Å²) in [6, 6.07) is 6.71. The molecule has 0 atom stereocenters. The Kier molecular flexibility index (Phi) is 6.71. The number of carbonyl (C=O) groups is 1. The van der Waals surface area contributed by atoms with E-state index in [0.717, 1.165) is 73.1 Å². The third-order valence-electron chi connectivity index (χ3n) is 6.31. The minimum atomic E-state index is -0.180. The highest BCUT2D eigenvalue weighted by Crippen LogP contribution is 2.39. The molecule has 0 unspecified atom stereocenters. The van der Waals surface area contributed by atoms with Crippen LogP contribution in [-0.4, -0.2) is 35.1 Å². The second kappa shape index (κ2) is 9.89. The molecule has 0 spiro atoms. The number of nitrogens with one attached hydrogen (secondary N) is 1. The highest BCUT2D eigenvalue weighted by Gasteiger charge is 2.26. The Morgan fingerprint density at radius 3 is 2.79 bits per heavy atom. The van der Waals surface area contributed by atoms with Gasteiger partial charge in [0.1, 0.15) is 22.2 Å². The number of pyridine rings is 1. The summed E-state index contributed by atoms with van der Waals surface area (Å²) in [4.78, 5) is 21.2. The van der Waals surface area contributed by atoms with Gasteiger partial charge in [0.15, 0.2) is 0 Å². The Labute approximate surface area is 211 Å². The number of amides is 1. The van der Waals surface area contributed by atoms with Crippen LogP contribution in [0.2, 0.25) is 0 Å². The molecule has 172 valence electrons. The van der Waals surface area contributed by atoms with Crippen LogP contribution in [0.3, 0.4) is 0 Å². The molecule has 1 aliphatic carbocycles. The molecule has 2 aliphatic rings. The van der Waals surface area contributed by atoms with E-state index in [9.17, 15) is 15.3 Å². The molecule has 0 radical (unpaired) electrons. The molecule has 5 rings (SSSR count).